The van der Waals surface area contributed by atoms with Gasteiger partial charge in [-0.1, -0.05) is 46.3 Å². The molecule has 1 rings (SSSR count). The molecule has 0 amide bonds. The molecule has 3 nitrogen and oxygen atoms in total. The summed E-state index contributed by atoms with van der Waals surface area (Å²) >= 11 is 14.2. The third-order valence-corrected chi connectivity index (χ3v) is 4.28. The van der Waals surface area contributed by atoms with Crippen molar-refractivity contribution in [3.05, 3.63) is 10.6 Å². The van der Waals surface area contributed by atoms with E-state index in [4.69, 9.17) is 23.2 Å². The highest BCUT2D eigenvalue weighted by Crippen LogP contribution is 2.28. The quantitative estimate of drug-likeness (QED) is 0.786. The minimum atomic E-state index is 0.610. The molecule has 0 aliphatic rings. The fraction of sp³-hybridized carbons (Fsp3) is 0.429. The summed E-state index contributed by atoms with van der Waals surface area (Å²) < 4.78 is 0.894. The van der Waals surface area contributed by atoms with Crippen molar-refractivity contribution < 1.29 is 0 Å². The highest BCUT2D eigenvalue weighted by atomic mass is 35.5. The number of rotatable bonds is 4. The van der Waals surface area contributed by atoms with Crippen LogP contribution in [-0.4, -0.2) is 30.0 Å². The average molecular weight is 270 g/mol. The Morgan fingerprint density at radius 1 is 1.57 bits per heavy atom. The van der Waals surface area contributed by atoms with Crippen molar-refractivity contribution in [2.75, 3.05) is 24.7 Å². The maximum absolute atomic E-state index is 5.74. The first-order valence-corrected chi connectivity index (χ1v) is 6.33. The van der Waals surface area contributed by atoms with Crippen molar-refractivity contribution in [1.29, 1.82) is 0 Å². The Morgan fingerprint density at radius 2 is 2.29 bits per heavy atom. The maximum Gasteiger partial charge on any atom is 0.208 e. The highest BCUT2D eigenvalue weighted by Gasteiger charge is 2.06. The third-order valence-electron chi connectivity index (χ3n) is 1.23. The summed E-state index contributed by atoms with van der Waals surface area (Å²) in [4.78, 5) is 1.92. The fourth-order valence-corrected chi connectivity index (χ4v) is 2.52. The largest absolute Gasteiger partial charge is 0.353 e. The van der Waals surface area contributed by atoms with E-state index >= 15 is 0 Å². The standard InChI is InChI=1S/C7H9Cl2N3S2/c1-12(2)6-10-11-7(14-6)13-4-5(9)3-8/h3H,4H2,1-2H3. The van der Waals surface area contributed by atoms with Gasteiger partial charge in [-0.25, -0.2) is 0 Å². The summed E-state index contributed by atoms with van der Waals surface area (Å²) in [5.41, 5.74) is 1.36. The van der Waals surface area contributed by atoms with Gasteiger partial charge in [-0.2, -0.15) is 0 Å². The molecule has 0 radical (unpaired) electrons. The van der Waals surface area contributed by atoms with Crippen LogP contribution in [0.2, 0.25) is 0 Å². The van der Waals surface area contributed by atoms with Crippen LogP contribution in [0.1, 0.15) is 0 Å². The van der Waals surface area contributed by atoms with Crippen LogP contribution in [-0.2, 0) is 0 Å². The van der Waals surface area contributed by atoms with Gasteiger partial charge in [0.1, 0.15) is 0 Å². The van der Waals surface area contributed by atoms with E-state index in [-0.39, 0.29) is 0 Å². The number of thioether (sulfide) groups is 1. The molecule has 0 aromatic carbocycles. The molecule has 0 aliphatic heterocycles. The molecular formula is C7H9Cl2N3S2. The van der Waals surface area contributed by atoms with Crippen molar-refractivity contribution >= 4 is 51.4 Å². The van der Waals surface area contributed by atoms with Gasteiger partial charge in [0.05, 0.1) is 0 Å². The first-order valence-electron chi connectivity index (χ1n) is 3.72. The summed E-state index contributed by atoms with van der Waals surface area (Å²) in [7, 11) is 3.86. The normalized spacial score (nSPS) is 11.9. The van der Waals surface area contributed by atoms with Gasteiger partial charge in [-0.15, -0.1) is 10.2 Å². The van der Waals surface area contributed by atoms with Crippen LogP contribution < -0.4 is 4.90 Å². The van der Waals surface area contributed by atoms with Crippen LogP contribution in [0.15, 0.2) is 14.9 Å². The first-order chi connectivity index (χ1) is 6.63. The molecule has 0 N–H and O–H groups in total. The lowest BCUT2D eigenvalue weighted by molar-refractivity contribution is 0.973. The van der Waals surface area contributed by atoms with Gasteiger partial charge in [0.15, 0.2) is 4.34 Å². The minimum Gasteiger partial charge on any atom is -0.353 e. The summed E-state index contributed by atoms with van der Waals surface area (Å²) in [6.07, 6.45) is 0. The van der Waals surface area contributed by atoms with Crippen LogP contribution in [0.5, 0.6) is 0 Å². The summed E-state index contributed by atoms with van der Waals surface area (Å²) in [6, 6.07) is 0. The Balaban J connectivity index is 2.52. The molecule has 0 atom stereocenters. The Morgan fingerprint density at radius 3 is 2.79 bits per heavy atom. The van der Waals surface area contributed by atoms with E-state index in [2.05, 4.69) is 10.2 Å². The van der Waals surface area contributed by atoms with Gasteiger partial charge in [0, 0.05) is 30.4 Å². The number of nitrogens with zero attached hydrogens (tertiary/aromatic N) is 3. The first kappa shape index (κ1) is 12.1. The zero-order valence-corrected chi connectivity index (χ0v) is 10.8. The Kier molecular flexibility index (Phi) is 5.01. The minimum absolute atomic E-state index is 0.610. The van der Waals surface area contributed by atoms with Crippen molar-refractivity contribution in [3.63, 3.8) is 0 Å². The van der Waals surface area contributed by atoms with Crippen LogP contribution in [0.25, 0.3) is 0 Å². The Labute approximate surface area is 101 Å². The Bertz CT molecular complexity index is 324. The molecule has 0 bridgehead atoms. The van der Waals surface area contributed by atoms with Gasteiger partial charge in [-0.3, -0.25) is 0 Å². The molecule has 0 aliphatic carbocycles. The molecule has 78 valence electrons. The van der Waals surface area contributed by atoms with Crippen LogP contribution in [0, 0.1) is 0 Å². The lowest BCUT2D eigenvalue weighted by Crippen LogP contribution is -2.07. The van der Waals surface area contributed by atoms with Crippen molar-refractivity contribution in [3.8, 4) is 0 Å². The molecule has 0 spiro atoms. The van der Waals surface area contributed by atoms with E-state index in [0.717, 1.165) is 9.47 Å². The molecule has 0 unspecified atom stereocenters. The predicted octanol–water partition coefficient (Wildman–Crippen LogP) is 3.02. The van der Waals surface area contributed by atoms with Crippen LogP contribution in [0.3, 0.4) is 0 Å². The van der Waals surface area contributed by atoms with E-state index in [9.17, 15) is 0 Å². The van der Waals surface area contributed by atoms with Crippen molar-refractivity contribution in [1.82, 2.24) is 10.2 Å². The molecule has 1 aromatic rings. The second-order valence-electron chi connectivity index (χ2n) is 2.59. The molecule has 1 heterocycles. The van der Waals surface area contributed by atoms with Crippen molar-refractivity contribution in [2.45, 2.75) is 4.34 Å². The van der Waals surface area contributed by atoms with Gasteiger partial charge in [0.25, 0.3) is 0 Å². The van der Waals surface area contributed by atoms with Crippen LogP contribution in [0.4, 0.5) is 5.13 Å². The van der Waals surface area contributed by atoms with Gasteiger partial charge < -0.3 is 4.90 Å². The zero-order valence-electron chi connectivity index (χ0n) is 7.70. The lowest BCUT2D eigenvalue weighted by Gasteiger charge is -2.03. The number of hydrogen-bond donors (Lipinski definition) is 0. The molecule has 0 saturated heterocycles. The van der Waals surface area contributed by atoms with E-state index in [0.29, 0.717) is 10.8 Å². The summed E-state index contributed by atoms with van der Waals surface area (Å²) in [5, 5.41) is 9.50. The molecule has 0 saturated carbocycles. The predicted molar refractivity (Wildman–Crippen MR) is 64.7 cm³/mol. The maximum atomic E-state index is 5.74. The second kappa shape index (κ2) is 5.80. The van der Waals surface area contributed by atoms with Crippen molar-refractivity contribution in [2.24, 2.45) is 0 Å². The number of halogens is 2. The van der Waals surface area contributed by atoms with E-state index < -0.39 is 0 Å². The monoisotopic (exact) mass is 269 g/mol. The number of anilines is 1. The van der Waals surface area contributed by atoms with Gasteiger partial charge >= 0.3 is 0 Å². The zero-order chi connectivity index (χ0) is 10.6. The molecule has 14 heavy (non-hydrogen) atoms. The SMILES string of the molecule is CN(C)c1nnc(SCC(Cl)=CCl)s1. The average Bonchev–Trinajstić information content (AvgIpc) is 2.62. The number of hydrogen-bond acceptors (Lipinski definition) is 5. The van der Waals surface area contributed by atoms with Gasteiger partial charge in [-0.05, 0) is 0 Å². The topological polar surface area (TPSA) is 29.0 Å². The fourth-order valence-electron chi connectivity index (χ4n) is 0.604. The second-order valence-corrected chi connectivity index (χ2v) is 5.47. The molecule has 1 aromatic heterocycles. The molecular weight excluding hydrogens is 261 g/mol. The summed E-state index contributed by atoms with van der Waals surface area (Å²) in [5.74, 6) is 0.632. The van der Waals surface area contributed by atoms with E-state index in [1.54, 1.807) is 0 Å². The van der Waals surface area contributed by atoms with Crippen LogP contribution >= 0.6 is 46.3 Å². The Hall–Kier alpha value is 0.0300. The van der Waals surface area contributed by atoms with E-state index in [1.807, 2.05) is 19.0 Å². The molecule has 7 heteroatoms. The van der Waals surface area contributed by atoms with E-state index in [1.165, 1.54) is 28.6 Å². The molecule has 0 fully saturated rings. The third kappa shape index (κ3) is 3.65. The summed E-state index contributed by atoms with van der Waals surface area (Å²) in [6.45, 7) is 0. The lowest BCUT2D eigenvalue weighted by atomic mass is 10.7. The highest BCUT2D eigenvalue weighted by molar-refractivity contribution is 8.01. The smallest absolute Gasteiger partial charge is 0.208 e. The number of aromatic nitrogens is 2. The van der Waals surface area contributed by atoms with Gasteiger partial charge in [0.2, 0.25) is 5.13 Å².